The molecule has 0 amide bonds. The number of nitrogens with one attached hydrogen (secondary N) is 1. The van der Waals surface area contributed by atoms with Crippen molar-refractivity contribution in [3.63, 3.8) is 0 Å². The molecular weight excluding hydrogens is 465 g/mol. The molecule has 0 spiro atoms. The normalized spacial score (nSPS) is 13.2. The molecule has 32 heavy (non-hydrogen) atoms. The van der Waals surface area contributed by atoms with Crippen molar-refractivity contribution in [1.29, 1.82) is 0 Å². The second-order valence-corrected chi connectivity index (χ2v) is 9.69. The van der Waals surface area contributed by atoms with Gasteiger partial charge in [0.2, 0.25) is 0 Å². The topological polar surface area (TPSA) is 75.1 Å². The Morgan fingerprint density at radius 1 is 1.09 bits per heavy atom. The number of nitrogens with zero attached hydrogens (tertiary/aromatic N) is 2. The zero-order valence-corrected chi connectivity index (χ0v) is 19.3. The lowest BCUT2D eigenvalue weighted by Crippen LogP contribution is -2.05. The second-order valence-electron chi connectivity index (χ2n) is 7.79. The number of anilines is 1. The molecule has 0 atom stereocenters. The first-order valence-electron chi connectivity index (χ1n) is 10.3. The van der Waals surface area contributed by atoms with E-state index in [1.165, 1.54) is 23.3 Å². The summed E-state index contributed by atoms with van der Waals surface area (Å²) >= 11 is 13.8. The first kappa shape index (κ1) is 21.2. The molecule has 0 saturated carbocycles. The highest BCUT2D eigenvalue weighted by Gasteiger charge is 2.20. The number of aromatic carboxylic acids is 1. The van der Waals surface area contributed by atoms with Crippen molar-refractivity contribution < 1.29 is 9.90 Å². The highest BCUT2D eigenvalue weighted by Crippen LogP contribution is 2.36. The lowest BCUT2D eigenvalue weighted by Gasteiger charge is -2.11. The standard InChI is InChI=1S/C24H19Cl2N3O2S/c25-19-8-5-13(9-20(19)26)11-27-14-6-7-16(24(30)31)17(10-14)22-28-12-18-15-3-1-2-4-21(15)32-23(18)29-22/h5-10,12,27H,1-4,11H2,(H,30,31). The van der Waals surface area contributed by atoms with Crippen molar-refractivity contribution in [3.05, 3.63) is 74.2 Å². The van der Waals surface area contributed by atoms with E-state index in [0.29, 0.717) is 28.0 Å². The summed E-state index contributed by atoms with van der Waals surface area (Å²) in [6.45, 7) is 0.514. The fourth-order valence-electron chi connectivity index (χ4n) is 4.05. The van der Waals surface area contributed by atoms with Crippen LogP contribution in [0.3, 0.4) is 0 Å². The van der Waals surface area contributed by atoms with Crippen molar-refractivity contribution in [3.8, 4) is 11.4 Å². The summed E-state index contributed by atoms with van der Waals surface area (Å²) in [5, 5.41) is 15.1. The number of thiophene rings is 1. The van der Waals surface area contributed by atoms with Crippen molar-refractivity contribution in [2.75, 3.05) is 5.32 Å². The maximum atomic E-state index is 11.9. The minimum atomic E-state index is -1.01. The van der Waals surface area contributed by atoms with Crippen molar-refractivity contribution in [2.24, 2.45) is 0 Å². The van der Waals surface area contributed by atoms with Gasteiger partial charge in [-0.15, -0.1) is 11.3 Å². The quantitative estimate of drug-likeness (QED) is 0.324. The molecular formula is C24H19Cl2N3O2S. The van der Waals surface area contributed by atoms with E-state index < -0.39 is 5.97 Å². The molecule has 2 aromatic carbocycles. The molecule has 8 heteroatoms. The molecule has 2 heterocycles. The van der Waals surface area contributed by atoms with E-state index in [1.54, 1.807) is 41.7 Å². The van der Waals surface area contributed by atoms with E-state index >= 15 is 0 Å². The van der Waals surface area contributed by atoms with Gasteiger partial charge < -0.3 is 10.4 Å². The fraction of sp³-hybridized carbons (Fsp3) is 0.208. The van der Waals surface area contributed by atoms with Crippen LogP contribution in [0.2, 0.25) is 10.0 Å². The van der Waals surface area contributed by atoms with Crippen LogP contribution in [0.15, 0.2) is 42.6 Å². The van der Waals surface area contributed by atoms with Gasteiger partial charge >= 0.3 is 5.97 Å². The Bertz CT molecular complexity index is 1350. The first-order chi connectivity index (χ1) is 15.5. The first-order valence-corrected chi connectivity index (χ1v) is 11.9. The molecule has 1 aliphatic carbocycles. The monoisotopic (exact) mass is 483 g/mol. The number of carbonyl (C=O) groups is 1. The smallest absolute Gasteiger partial charge is 0.336 e. The molecule has 5 nitrogen and oxygen atoms in total. The Balaban J connectivity index is 1.49. The molecule has 0 saturated heterocycles. The zero-order valence-electron chi connectivity index (χ0n) is 17.0. The average Bonchev–Trinajstić information content (AvgIpc) is 3.17. The third-order valence-corrected chi connectivity index (χ3v) is 7.63. The van der Waals surface area contributed by atoms with Crippen LogP contribution in [0.1, 0.15) is 39.2 Å². The van der Waals surface area contributed by atoms with Gasteiger partial charge in [0, 0.05) is 34.3 Å². The number of carboxylic acid groups (broad SMARTS) is 1. The van der Waals surface area contributed by atoms with Gasteiger partial charge in [-0.3, -0.25) is 0 Å². The predicted molar refractivity (Wildman–Crippen MR) is 130 cm³/mol. The Morgan fingerprint density at radius 3 is 2.75 bits per heavy atom. The third-order valence-electron chi connectivity index (χ3n) is 5.69. The van der Waals surface area contributed by atoms with E-state index in [1.807, 2.05) is 12.3 Å². The number of aryl methyl sites for hydroxylation is 2. The summed E-state index contributed by atoms with van der Waals surface area (Å²) in [4.78, 5) is 23.5. The Labute approximate surface area is 199 Å². The molecule has 4 aromatic rings. The molecule has 2 aromatic heterocycles. The highest BCUT2D eigenvalue weighted by molar-refractivity contribution is 7.18. The van der Waals surface area contributed by atoms with Crippen LogP contribution in [0.4, 0.5) is 5.69 Å². The minimum Gasteiger partial charge on any atom is -0.478 e. The molecule has 0 aliphatic heterocycles. The number of halogens is 2. The van der Waals surface area contributed by atoms with Gasteiger partial charge in [0.15, 0.2) is 5.82 Å². The largest absolute Gasteiger partial charge is 0.478 e. The Kier molecular flexibility index (Phi) is 5.76. The maximum Gasteiger partial charge on any atom is 0.336 e. The molecule has 0 bridgehead atoms. The van der Waals surface area contributed by atoms with Gasteiger partial charge in [0.1, 0.15) is 4.83 Å². The predicted octanol–water partition coefficient (Wildman–Crippen LogP) is 6.85. The average molecular weight is 484 g/mol. The van der Waals surface area contributed by atoms with Gasteiger partial charge in [-0.25, -0.2) is 14.8 Å². The summed E-state index contributed by atoms with van der Waals surface area (Å²) in [5.74, 6) is -0.586. The van der Waals surface area contributed by atoms with E-state index in [4.69, 9.17) is 28.2 Å². The number of rotatable bonds is 5. The van der Waals surface area contributed by atoms with Crippen LogP contribution in [-0.2, 0) is 19.4 Å². The summed E-state index contributed by atoms with van der Waals surface area (Å²) in [6, 6.07) is 10.6. The molecule has 0 unspecified atom stereocenters. The molecule has 1 aliphatic rings. The number of hydrogen-bond acceptors (Lipinski definition) is 5. The van der Waals surface area contributed by atoms with E-state index in [0.717, 1.165) is 34.3 Å². The summed E-state index contributed by atoms with van der Waals surface area (Å²) in [5.41, 5.74) is 3.75. The highest BCUT2D eigenvalue weighted by atomic mass is 35.5. The van der Waals surface area contributed by atoms with E-state index in [9.17, 15) is 9.90 Å². The fourth-order valence-corrected chi connectivity index (χ4v) is 5.61. The Hall–Kier alpha value is -2.67. The van der Waals surface area contributed by atoms with Crippen molar-refractivity contribution in [2.45, 2.75) is 32.2 Å². The summed E-state index contributed by atoms with van der Waals surface area (Å²) in [7, 11) is 0. The van der Waals surface area contributed by atoms with Crippen LogP contribution in [0, 0.1) is 0 Å². The summed E-state index contributed by atoms with van der Waals surface area (Å²) in [6.07, 6.45) is 6.39. The van der Waals surface area contributed by atoms with Gasteiger partial charge in [-0.1, -0.05) is 29.3 Å². The van der Waals surface area contributed by atoms with Crippen LogP contribution >= 0.6 is 34.5 Å². The number of aromatic nitrogens is 2. The molecule has 0 fully saturated rings. The number of hydrogen-bond donors (Lipinski definition) is 2. The van der Waals surface area contributed by atoms with E-state index in [2.05, 4.69) is 10.3 Å². The Morgan fingerprint density at radius 2 is 1.94 bits per heavy atom. The number of carboxylic acids is 1. The van der Waals surface area contributed by atoms with Crippen LogP contribution in [0.5, 0.6) is 0 Å². The lowest BCUT2D eigenvalue weighted by molar-refractivity contribution is 0.0697. The van der Waals surface area contributed by atoms with Gasteiger partial charge in [0.05, 0.1) is 15.6 Å². The second kappa shape index (κ2) is 8.70. The third kappa shape index (κ3) is 4.06. The minimum absolute atomic E-state index is 0.172. The molecule has 5 rings (SSSR count). The molecule has 2 N–H and O–H groups in total. The van der Waals surface area contributed by atoms with Gasteiger partial charge in [0.25, 0.3) is 0 Å². The van der Waals surface area contributed by atoms with Crippen LogP contribution < -0.4 is 5.32 Å². The van der Waals surface area contributed by atoms with E-state index in [-0.39, 0.29) is 5.56 Å². The lowest BCUT2D eigenvalue weighted by atomic mass is 9.97. The summed E-state index contributed by atoms with van der Waals surface area (Å²) < 4.78 is 0. The van der Waals surface area contributed by atoms with Crippen molar-refractivity contribution in [1.82, 2.24) is 9.97 Å². The van der Waals surface area contributed by atoms with Crippen molar-refractivity contribution >= 4 is 56.4 Å². The SMILES string of the molecule is O=C(O)c1ccc(NCc2ccc(Cl)c(Cl)c2)cc1-c1ncc2c3c(sc2n1)CCCC3. The number of benzene rings is 2. The van der Waals surface area contributed by atoms with Gasteiger partial charge in [-0.2, -0.15) is 0 Å². The zero-order chi connectivity index (χ0) is 22.2. The van der Waals surface area contributed by atoms with Crippen LogP contribution in [-0.4, -0.2) is 21.0 Å². The maximum absolute atomic E-state index is 11.9. The van der Waals surface area contributed by atoms with Gasteiger partial charge in [-0.05, 0) is 67.1 Å². The van der Waals surface area contributed by atoms with Crippen LogP contribution in [0.25, 0.3) is 21.6 Å². The molecule has 162 valence electrons. The molecule has 0 radical (unpaired) electrons. The number of fused-ring (bicyclic) bond motifs is 3.